The Morgan fingerprint density at radius 2 is 2.04 bits per heavy atom. The first-order valence-corrected chi connectivity index (χ1v) is 8.19. The maximum atomic E-state index is 13.0. The molecule has 122 valence electrons. The number of likely N-dealkylation sites (tertiary alicyclic amines) is 1. The van der Waals surface area contributed by atoms with Crippen molar-refractivity contribution in [2.45, 2.75) is 18.9 Å². The summed E-state index contributed by atoms with van der Waals surface area (Å²) in [6.07, 6.45) is 9.11. The second kappa shape index (κ2) is 6.31. The number of amides is 1. The lowest BCUT2D eigenvalue weighted by molar-refractivity contribution is 0.0665. The first kappa shape index (κ1) is 14.7. The average molecular weight is 321 g/mol. The number of hydrogen-bond acceptors (Lipinski definition) is 3. The number of hydrogen-bond donors (Lipinski definition) is 0. The SMILES string of the molecule is O=C(c1cncn1-c1ccccc1)N1CCC[C@H](n2cccn2)C1. The van der Waals surface area contributed by atoms with Crippen LogP contribution in [0.15, 0.2) is 61.3 Å². The fourth-order valence-corrected chi connectivity index (χ4v) is 3.26. The van der Waals surface area contributed by atoms with Gasteiger partial charge in [-0.15, -0.1) is 0 Å². The van der Waals surface area contributed by atoms with E-state index in [1.807, 2.05) is 56.7 Å². The monoisotopic (exact) mass is 321 g/mol. The molecule has 0 unspecified atom stereocenters. The maximum absolute atomic E-state index is 13.0. The Morgan fingerprint density at radius 3 is 2.83 bits per heavy atom. The zero-order chi connectivity index (χ0) is 16.4. The van der Waals surface area contributed by atoms with Gasteiger partial charge in [-0.25, -0.2) is 4.98 Å². The van der Waals surface area contributed by atoms with Crippen molar-refractivity contribution in [2.75, 3.05) is 13.1 Å². The average Bonchev–Trinajstić information content (AvgIpc) is 3.34. The van der Waals surface area contributed by atoms with Crippen LogP contribution in [0.1, 0.15) is 29.4 Å². The molecule has 0 saturated carbocycles. The van der Waals surface area contributed by atoms with Gasteiger partial charge in [-0.3, -0.25) is 14.0 Å². The number of imidazole rings is 1. The molecule has 0 aliphatic carbocycles. The second-order valence-corrected chi connectivity index (χ2v) is 6.02. The van der Waals surface area contributed by atoms with Crippen LogP contribution >= 0.6 is 0 Å². The van der Waals surface area contributed by atoms with E-state index in [1.54, 1.807) is 18.7 Å². The van der Waals surface area contributed by atoms with E-state index in [9.17, 15) is 4.79 Å². The van der Waals surface area contributed by atoms with Crippen LogP contribution in [-0.4, -0.2) is 43.2 Å². The molecule has 6 heteroatoms. The number of carbonyl (C=O) groups excluding carboxylic acids is 1. The third-order valence-electron chi connectivity index (χ3n) is 4.47. The molecule has 4 rings (SSSR count). The highest BCUT2D eigenvalue weighted by atomic mass is 16.2. The Morgan fingerprint density at radius 1 is 1.17 bits per heavy atom. The third-order valence-corrected chi connectivity index (χ3v) is 4.47. The highest BCUT2D eigenvalue weighted by Crippen LogP contribution is 2.22. The second-order valence-electron chi connectivity index (χ2n) is 6.02. The molecule has 24 heavy (non-hydrogen) atoms. The molecule has 0 radical (unpaired) electrons. The molecule has 0 N–H and O–H groups in total. The number of aromatic nitrogens is 4. The van der Waals surface area contributed by atoms with Crippen molar-refractivity contribution in [3.63, 3.8) is 0 Å². The van der Waals surface area contributed by atoms with Gasteiger partial charge in [-0.1, -0.05) is 18.2 Å². The molecule has 3 aromatic rings. The molecule has 6 nitrogen and oxygen atoms in total. The molecule has 1 saturated heterocycles. The van der Waals surface area contributed by atoms with Crippen molar-refractivity contribution in [1.29, 1.82) is 0 Å². The molecule has 2 aromatic heterocycles. The molecule has 1 amide bonds. The van der Waals surface area contributed by atoms with Crippen LogP contribution in [0.5, 0.6) is 0 Å². The van der Waals surface area contributed by atoms with Crippen molar-refractivity contribution in [1.82, 2.24) is 24.2 Å². The Hall–Kier alpha value is -2.89. The van der Waals surface area contributed by atoms with E-state index in [0.717, 1.165) is 25.1 Å². The van der Waals surface area contributed by atoms with Gasteiger partial charge in [0.25, 0.3) is 5.91 Å². The van der Waals surface area contributed by atoms with Crippen LogP contribution in [0, 0.1) is 0 Å². The molecular formula is C18H19N5O. The van der Waals surface area contributed by atoms with Gasteiger partial charge in [-0.2, -0.15) is 5.10 Å². The number of carbonyl (C=O) groups is 1. The van der Waals surface area contributed by atoms with Gasteiger partial charge >= 0.3 is 0 Å². The number of piperidine rings is 1. The van der Waals surface area contributed by atoms with Gasteiger partial charge in [-0.05, 0) is 31.0 Å². The van der Waals surface area contributed by atoms with Gasteiger partial charge in [0.15, 0.2) is 0 Å². The standard InChI is InChI=1S/C18H19N5O/c24-18(17-12-19-14-22(17)15-6-2-1-3-7-15)21-10-4-8-16(13-21)23-11-5-9-20-23/h1-3,5-7,9,11-12,14,16H,4,8,10,13H2/t16-/m0/s1. The first-order chi connectivity index (χ1) is 11.8. The van der Waals surface area contributed by atoms with E-state index >= 15 is 0 Å². The summed E-state index contributed by atoms with van der Waals surface area (Å²) in [6.45, 7) is 1.46. The molecular weight excluding hydrogens is 302 g/mol. The molecule has 1 atom stereocenters. The predicted molar refractivity (Wildman–Crippen MR) is 90.0 cm³/mol. The van der Waals surface area contributed by atoms with Crippen LogP contribution in [0.3, 0.4) is 0 Å². The summed E-state index contributed by atoms with van der Waals surface area (Å²) in [4.78, 5) is 19.1. The Labute approximate surface area is 140 Å². The fourth-order valence-electron chi connectivity index (χ4n) is 3.26. The number of para-hydroxylation sites is 1. The predicted octanol–water partition coefficient (Wildman–Crippen LogP) is 2.55. The smallest absolute Gasteiger partial charge is 0.272 e. The maximum Gasteiger partial charge on any atom is 0.272 e. The van der Waals surface area contributed by atoms with Crippen molar-refractivity contribution in [2.24, 2.45) is 0 Å². The molecule has 1 aliphatic rings. The molecule has 1 aliphatic heterocycles. The highest BCUT2D eigenvalue weighted by molar-refractivity contribution is 5.93. The highest BCUT2D eigenvalue weighted by Gasteiger charge is 2.27. The van der Waals surface area contributed by atoms with E-state index < -0.39 is 0 Å². The van der Waals surface area contributed by atoms with Gasteiger partial charge in [0.05, 0.1) is 18.6 Å². The molecule has 1 fully saturated rings. The van der Waals surface area contributed by atoms with Gasteiger partial charge in [0.1, 0.15) is 5.69 Å². The van der Waals surface area contributed by atoms with Crippen molar-refractivity contribution in [3.8, 4) is 5.69 Å². The van der Waals surface area contributed by atoms with Crippen LogP contribution in [-0.2, 0) is 0 Å². The Bertz CT molecular complexity index is 809. The summed E-state index contributed by atoms with van der Waals surface area (Å²) >= 11 is 0. The van der Waals surface area contributed by atoms with E-state index in [1.165, 1.54) is 0 Å². The first-order valence-electron chi connectivity index (χ1n) is 8.19. The zero-order valence-corrected chi connectivity index (χ0v) is 13.3. The minimum atomic E-state index is 0.0215. The lowest BCUT2D eigenvalue weighted by atomic mass is 10.1. The summed E-state index contributed by atoms with van der Waals surface area (Å²) in [7, 11) is 0. The molecule has 1 aromatic carbocycles. The minimum absolute atomic E-state index is 0.0215. The number of benzene rings is 1. The number of rotatable bonds is 3. The molecule has 0 bridgehead atoms. The van der Waals surface area contributed by atoms with Crippen LogP contribution in [0.4, 0.5) is 0 Å². The summed E-state index contributed by atoms with van der Waals surface area (Å²) in [5, 5.41) is 4.32. The van der Waals surface area contributed by atoms with E-state index in [4.69, 9.17) is 0 Å². The van der Waals surface area contributed by atoms with Crippen molar-refractivity contribution >= 4 is 5.91 Å². The van der Waals surface area contributed by atoms with Crippen molar-refractivity contribution < 1.29 is 4.79 Å². The minimum Gasteiger partial charge on any atom is -0.335 e. The van der Waals surface area contributed by atoms with Gasteiger partial charge < -0.3 is 4.90 Å². The van der Waals surface area contributed by atoms with Crippen LogP contribution in [0.25, 0.3) is 5.69 Å². The largest absolute Gasteiger partial charge is 0.335 e. The van der Waals surface area contributed by atoms with Crippen molar-refractivity contribution in [3.05, 3.63) is 67.0 Å². The van der Waals surface area contributed by atoms with E-state index in [0.29, 0.717) is 12.2 Å². The normalized spacial score (nSPS) is 17.8. The molecule has 0 spiro atoms. The van der Waals surface area contributed by atoms with E-state index in [-0.39, 0.29) is 11.9 Å². The lowest BCUT2D eigenvalue weighted by Crippen LogP contribution is -2.41. The molecule has 3 heterocycles. The number of nitrogens with zero attached hydrogens (tertiary/aromatic N) is 5. The van der Waals surface area contributed by atoms with Crippen LogP contribution in [0.2, 0.25) is 0 Å². The van der Waals surface area contributed by atoms with E-state index in [2.05, 4.69) is 10.1 Å². The lowest BCUT2D eigenvalue weighted by Gasteiger charge is -2.33. The van der Waals surface area contributed by atoms with Crippen LogP contribution < -0.4 is 0 Å². The summed E-state index contributed by atoms with van der Waals surface area (Å²) in [6, 6.07) is 12.0. The topological polar surface area (TPSA) is 56.0 Å². The fraction of sp³-hybridized carbons (Fsp3) is 0.278. The summed E-state index contributed by atoms with van der Waals surface area (Å²) < 4.78 is 3.80. The summed E-state index contributed by atoms with van der Waals surface area (Å²) in [5.41, 5.74) is 1.54. The Kier molecular flexibility index (Phi) is 3.86. The summed E-state index contributed by atoms with van der Waals surface area (Å²) in [5.74, 6) is 0.0215. The Balaban J connectivity index is 1.57. The quantitative estimate of drug-likeness (QED) is 0.745. The third kappa shape index (κ3) is 2.71. The zero-order valence-electron chi connectivity index (χ0n) is 13.3. The van der Waals surface area contributed by atoms with Gasteiger partial charge in [0, 0.05) is 31.2 Å². The van der Waals surface area contributed by atoms with Gasteiger partial charge in [0.2, 0.25) is 0 Å².